The van der Waals surface area contributed by atoms with Crippen molar-refractivity contribution in [2.75, 3.05) is 0 Å². The second kappa shape index (κ2) is 4.52. The van der Waals surface area contributed by atoms with E-state index in [1.165, 1.54) is 6.07 Å². The molecule has 0 saturated heterocycles. The first kappa shape index (κ1) is 13.0. The van der Waals surface area contributed by atoms with E-state index in [9.17, 15) is 13.2 Å². The van der Waals surface area contributed by atoms with E-state index in [-0.39, 0.29) is 10.9 Å². The molecule has 0 atom stereocenters. The molecule has 0 bridgehead atoms. The van der Waals surface area contributed by atoms with E-state index in [0.29, 0.717) is 17.0 Å². The molecule has 0 amide bonds. The van der Waals surface area contributed by atoms with Crippen molar-refractivity contribution in [3.63, 3.8) is 0 Å². The summed E-state index contributed by atoms with van der Waals surface area (Å²) in [5.74, 6) is 0.405. The van der Waals surface area contributed by atoms with E-state index in [1.807, 2.05) is 0 Å². The minimum absolute atomic E-state index is 0.0403. The van der Waals surface area contributed by atoms with Gasteiger partial charge in [0, 0.05) is 0 Å². The topological polar surface area (TPSA) is 21.6 Å². The zero-order valence-corrected chi connectivity index (χ0v) is 10.7. The Bertz CT molecular complexity index is 710. The summed E-state index contributed by atoms with van der Waals surface area (Å²) in [5, 5.41) is 0.0960. The maximum Gasteiger partial charge on any atom is 0.416 e. The number of ether oxygens (including phenoxy) is 1. The van der Waals surface area contributed by atoms with Crippen LogP contribution in [0.25, 0.3) is 0 Å². The van der Waals surface area contributed by atoms with Gasteiger partial charge in [-0.3, -0.25) is 0 Å². The summed E-state index contributed by atoms with van der Waals surface area (Å²) in [6.45, 7) is 0. The molecular weight excluding hydrogens is 291 g/mol. The third-order valence-corrected chi connectivity index (χ3v) is 3.12. The number of para-hydroxylation sites is 2. The van der Waals surface area contributed by atoms with Gasteiger partial charge >= 0.3 is 6.18 Å². The summed E-state index contributed by atoms with van der Waals surface area (Å²) in [6, 6.07) is 9.89. The lowest BCUT2D eigenvalue weighted by Gasteiger charge is -2.12. The van der Waals surface area contributed by atoms with Crippen molar-refractivity contribution in [1.29, 1.82) is 0 Å². The predicted octanol–water partition coefficient (Wildman–Crippen LogP) is 5.13. The normalized spacial score (nSPS) is 13.7. The Labute approximate surface area is 117 Å². The van der Waals surface area contributed by atoms with Crippen molar-refractivity contribution in [2.45, 2.75) is 6.18 Å². The summed E-state index contributed by atoms with van der Waals surface area (Å²) in [6.07, 6.45) is -4.44. The minimum atomic E-state index is -4.44. The first-order valence-electron chi connectivity index (χ1n) is 5.68. The van der Waals surface area contributed by atoms with E-state index in [0.717, 1.165) is 12.1 Å². The molecule has 0 saturated carbocycles. The molecule has 20 heavy (non-hydrogen) atoms. The second-order valence-corrected chi connectivity index (χ2v) is 4.54. The highest BCUT2D eigenvalue weighted by Crippen LogP contribution is 2.40. The Hall–Kier alpha value is -2.01. The number of nitrogens with zero attached hydrogens (tertiary/aromatic N) is 1. The van der Waals surface area contributed by atoms with Crippen LogP contribution in [-0.4, -0.2) is 5.17 Å². The van der Waals surface area contributed by atoms with Crippen molar-refractivity contribution < 1.29 is 17.9 Å². The minimum Gasteiger partial charge on any atom is -0.454 e. The van der Waals surface area contributed by atoms with Crippen LogP contribution in [0.3, 0.4) is 0 Å². The van der Waals surface area contributed by atoms with E-state index < -0.39 is 11.7 Å². The Morgan fingerprint density at radius 3 is 2.50 bits per heavy atom. The van der Waals surface area contributed by atoms with Gasteiger partial charge in [-0.1, -0.05) is 23.7 Å². The number of hydrogen-bond donors (Lipinski definition) is 0. The van der Waals surface area contributed by atoms with Crippen molar-refractivity contribution in [2.24, 2.45) is 4.99 Å². The maximum absolute atomic E-state index is 12.7. The largest absolute Gasteiger partial charge is 0.454 e. The molecule has 102 valence electrons. The molecule has 1 heterocycles. The summed E-state index contributed by atoms with van der Waals surface area (Å²) in [5.41, 5.74) is 0.0122. The van der Waals surface area contributed by atoms with Crippen LogP contribution >= 0.6 is 11.6 Å². The molecule has 1 aliphatic heterocycles. The van der Waals surface area contributed by atoms with Gasteiger partial charge in [0.2, 0.25) is 0 Å². The Balaban J connectivity index is 2.17. The average molecular weight is 298 g/mol. The molecule has 1 aliphatic rings. The highest BCUT2D eigenvalue weighted by atomic mass is 35.5. The lowest BCUT2D eigenvalue weighted by atomic mass is 10.1. The number of rotatable bonds is 0. The molecule has 0 radical (unpaired) electrons. The fourth-order valence-electron chi connectivity index (χ4n) is 1.87. The van der Waals surface area contributed by atoms with Crippen molar-refractivity contribution in [3.8, 4) is 11.5 Å². The zero-order chi connectivity index (χ0) is 14.3. The molecule has 0 aromatic heterocycles. The predicted molar refractivity (Wildman–Crippen MR) is 70.0 cm³/mol. The van der Waals surface area contributed by atoms with E-state index in [4.69, 9.17) is 16.3 Å². The first-order valence-corrected chi connectivity index (χ1v) is 6.05. The third-order valence-electron chi connectivity index (χ3n) is 2.83. The molecule has 6 heteroatoms. The molecule has 0 unspecified atom stereocenters. The van der Waals surface area contributed by atoms with Crippen LogP contribution < -0.4 is 4.74 Å². The average Bonchev–Trinajstić information content (AvgIpc) is 2.53. The van der Waals surface area contributed by atoms with Gasteiger partial charge in [0.1, 0.15) is 16.6 Å². The fourth-order valence-corrected chi connectivity index (χ4v) is 2.12. The van der Waals surface area contributed by atoms with E-state index in [2.05, 4.69) is 4.99 Å². The zero-order valence-electron chi connectivity index (χ0n) is 9.91. The molecule has 2 aromatic rings. The lowest BCUT2D eigenvalue weighted by Crippen LogP contribution is -2.06. The van der Waals surface area contributed by atoms with Gasteiger partial charge in [0.25, 0.3) is 0 Å². The van der Waals surface area contributed by atoms with Crippen LogP contribution in [0, 0.1) is 0 Å². The smallest absolute Gasteiger partial charge is 0.416 e. The van der Waals surface area contributed by atoms with Crippen LogP contribution in [0.15, 0.2) is 47.5 Å². The number of alkyl halides is 3. The number of aliphatic imine (C=N–C) groups is 1. The van der Waals surface area contributed by atoms with Crippen LogP contribution in [0.2, 0.25) is 0 Å². The lowest BCUT2D eigenvalue weighted by molar-refractivity contribution is -0.137. The molecule has 0 fully saturated rings. The number of halogens is 4. The van der Waals surface area contributed by atoms with Crippen molar-refractivity contribution in [1.82, 2.24) is 0 Å². The molecule has 0 spiro atoms. The van der Waals surface area contributed by atoms with Crippen LogP contribution in [0.1, 0.15) is 11.1 Å². The maximum atomic E-state index is 12.7. The van der Waals surface area contributed by atoms with Crippen LogP contribution in [-0.2, 0) is 6.18 Å². The summed E-state index contributed by atoms with van der Waals surface area (Å²) >= 11 is 6.03. The fraction of sp³-hybridized carbons (Fsp3) is 0.0714. The van der Waals surface area contributed by atoms with E-state index >= 15 is 0 Å². The van der Waals surface area contributed by atoms with Gasteiger partial charge in [-0.15, -0.1) is 0 Å². The SMILES string of the molecule is FC(F)(F)c1ccc2c(c1)Oc1ccccc1N=C2Cl. The van der Waals surface area contributed by atoms with Gasteiger partial charge in [-0.05, 0) is 30.3 Å². The quantitative estimate of drug-likeness (QED) is 0.660. The molecule has 0 aliphatic carbocycles. The monoisotopic (exact) mass is 297 g/mol. The number of hydrogen-bond acceptors (Lipinski definition) is 2. The van der Waals surface area contributed by atoms with Gasteiger partial charge in [-0.25, -0.2) is 4.99 Å². The van der Waals surface area contributed by atoms with E-state index in [1.54, 1.807) is 24.3 Å². The molecular formula is C14H7ClF3NO. The van der Waals surface area contributed by atoms with Gasteiger partial charge in [0.15, 0.2) is 5.75 Å². The van der Waals surface area contributed by atoms with Crippen LogP contribution in [0.5, 0.6) is 11.5 Å². The Morgan fingerprint density at radius 1 is 1.00 bits per heavy atom. The third kappa shape index (κ3) is 2.25. The highest BCUT2D eigenvalue weighted by molar-refractivity contribution is 6.70. The molecule has 2 nitrogen and oxygen atoms in total. The molecule has 2 aromatic carbocycles. The van der Waals surface area contributed by atoms with Gasteiger partial charge in [0.05, 0.1) is 11.1 Å². The molecule has 0 N–H and O–H groups in total. The van der Waals surface area contributed by atoms with Crippen LogP contribution in [0.4, 0.5) is 18.9 Å². The summed E-state index contributed by atoms with van der Waals surface area (Å²) in [4.78, 5) is 4.15. The first-order chi connectivity index (χ1) is 9.45. The number of benzene rings is 2. The number of fused-ring (bicyclic) bond motifs is 2. The van der Waals surface area contributed by atoms with Crippen molar-refractivity contribution in [3.05, 3.63) is 53.6 Å². The Morgan fingerprint density at radius 2 is 1.75 bits per heavy atom. The summed E-state index contributed by atoms with van der Waals surface area (Å²) in [7, 11) is 0. The van der Waals surface area contributed by atoms with Gasteiger partial charge < -0.3 is 4.74 Å². The van der Waals surface area contributed by atoms with Gasteiger partial charge in [-0.2, -0.15) is 13.2 Å². The standard InChI is InChI=1S/C14H7ClF3NO/c15-13-9-6-5-8(14(16,17)18)7-12(9)20-11-4-2-1-3-10(11)19-13/h1-7H. The Kier molecular flexibility index (Phi) is 2.94. The van der Waals surface area contributed by atoms with Crippen molar-refractivity contribution >= 4 is 22.5 Å². The second-order valence-electron chi connectivity index (χ2n) is 4.18. The highest BCUT2D eigenvalue weighted by Gasteiger charge is 2.32. The summed E-state index contributed by atoms with van der Waals surface area (Å²) < 4.78 is 43.7. The molecule has 3 rings (SSSR count).